The summed E-state index contributed by atoms with van der Waals surface area (Å²) in [6, 6.07) is 0. The number of hydrogen-bond acceptors (Lipinski definition) is 11. The minimum Gasteiger partial charge on any atom is -0.457 e. The Labute approximate surface area is 350 Å². The van der Waals surface area contributed by atoms with Crippen LogP contribution >= 0.6 is 7.82 Å². The van der Waals surface area contributed by atoms with Crippen LogP contribution in [0.1, 0.15) is 168 Å². The van der Waals surface area contributed by atoms with Gasteiger partial charge in [-0.05, 0) is 70.6 Å². The van der Waals surface area contributed by atoms with Gasteiger partial charge < -0.3 is 39.9 Å². The Kier molecular flexibility index (Phi) is 33.7. The molecule has 0 amide bonds. The van der Waals surface area contributed by atoms with E-state index in [4.69, 9.17) is 18.5 Å². The number of phosphoric ester groups is 1. The van der Waals surface area contributed by atoms with Gasteiger partial charge in [0.2, 0.25) is 0 Å². The lowest BCUT2D eigenvalue weighted by Gasteiger charge is -2.41. The van der Waals surface area contributed by atoms with Crippen LogP contribution < -0.4 is 0 Å². The summed E-state index contributed by atoms with van der Waals surface area (Å²) >= 11 is 0. The van der Waals surface area contributed by atoms with Gasteiger partial charge in [-0.3, -0.25) is 13.8 Å². The number of rotatable bonds is 37. The van der Waals surface area contributed by atoms with Crippen LogP contribution in [0.2, 0.25) is 0 Å². The molecule has 0 bridgehead atoms. The van der Waals surface area contributed by atoms with Crippen molar-refractivity contribution in [2.75, 3.05) is 19.8 Å². The zero-order chi connectivity index (χ0) is 42.7. The minimum absolute atomic E-state index is 0.0917. The van der Waals surface area contributed by atoms with E-state index in [9.17, 15) is 39.8 Å². The van der Waals surface area contributed by atoms with Crippen LogP contribution in [0.5, 0.6) is 0 Å². The highest BCUT2D eigenvalue weighted by Gasteiger charge is 2.51. The summed E-state index contributed by atoms with van der Waals surface area (Å²) in [6.07, 6.45) is 30.4. The van der Waals surface area contributed by atoms with E-state index < -0.39 is 63.1 Å². The number of carbonyl (C=O) groups is 1. The highest BCUT2D eigenvalue weighted by Crippen LogP contribution is 2.47. The van der Waals surface area contributed by atoms with Crippen molar-refractivity contribution in [3.8, 4) is 0 Å². The fourth-order valence-electron chi connectivity index (χ4n) is 6.60. The zero-order valence-electron chi connectivity index (χ0n) is 35.8. The maximum Gasteiger partial charge on any atom is 0.472 e. The van der Waals surface area contributed by atoms with Crippen LogP contribution in [-0.4, -0.2) is 98.9 Å². The predicted molar refractivity (Wildman–Crippen MR) is 230 cm³/mol. The summed E-state index contributed by atoms with van der Waals surface area (Å²) in [4.78, 5) is 23.1. The molecule has 1 saturated carbocycles. The second kappa shape index (κ2) is 36.0. The monoisotopic (exact) mass is 845 g/mol. The van der Waals surface area contributed by atoms with Gasteiger partial charge in [-0.15, -0.1) is 0 Å². The number of aliphatic hydroxyl groups is 5. The van der Waals surface area contributed by atoms with Gasteiger partial charge in [0.05, 0.1) is 13.2 Å². The number of unbranched alkanes of at least 4 members (excludes halogenated alkanes) is 17. The lowest BCUT2D eigenvalue weighted by atomic mass is 9.85. The molecular weight excluding hydrogens is 763 g/mol. The van der Waals surface area contributed by atoms with E-state index in [1.807, 2.05) is 0 Å². The first-order valence-corrected chi connectivity index (χ1v) is 24.0. The molecule has 1 aliphatic carbocycles. The van der Waals surface area contributed by atoms with Crippen molar-refractivity contribution in [1.29, 1.82) is 0 Å². The summed E-state index contributed by atoms with van der Waals surface area (Å²) in [6.45, 7) is 4.09. The molecular formula is C45H81O12P. The molecule has 0 aromatic heterocycles. The number of aliphatic hydroxyl groups excluding tert-OH is 5. The Morgan fingerprint density at radius 3 is 1.57 bits per heavy atom. The number of carbonyl (C=O) groups excluding carboxylic acids is 1. The number of hydrogen-bond donors (Lipinski definition) is 6. The van der Waals surface area contributed by atoms with Gasteiger partial charge >= 0.3 is 13.8 Å². The van der Waals surface area contributed by atoms with E-state index in [0.29, 0.717) is 13.0 Å². The Morgan fingerprint density at radius 1 is 0.569 bits per heavy atom. The maximum atomic E-state index is 12.8. The van der Waals surface area contributed by atoms with Crippen molar-refractivity contribution in [1.82, 2.24) is 0 Å². The van der Waals surface area contributed by atoms with Gasteiger partial charge in [0.25, 0.3) is 0 Å². The molecule has 6 unspecified atom stereocenters. The SMILES string of the molecule is CC/C=C\C/C=C\C/C=C\CCCCCC(=O)OC(COCCCCCCCCCC/C=C\CCCCCCCC)COP(=O)(O)OC1C(O)C(O)C(O)C(O)C1O. The van der Waals surface area contributed by atoms with E-state index in [0.717, 1.165) is 70.6 Å². The molecule has 13 heteroatoms. The molecule has 12 nitrogen and oxygen atoms in total. The highest BCUT2D eigenvalue weighted by molar-refractivity contribution is 7.47. The van der Waals surface area contributed by atoms with Crippen molar-refractivity contribution in [2.24, 2.45) is 0 Å². The predicted octanol–water partition coefficient (Wildman–Crippen LogP) is 8.86. The summed E-state index contributed by atoms with van der Waals surface area (Å²) in [7, 11) is -5.02. The third-order valence-corrected chi connectivity index (χ3v) is 11.2. The van der Waals surface area contributed by atoms with Crippen molar-refractivity contribution < 1.29 is 58.3 Å². The van der Waals surface area contributed by atoms with Crippen molar-refractivity contribution in [3.63, 3.8) is 0 Å². The lowest BCUT2D eigenvalue weighted by molar-refractivity contribution is -0.220. The normalized spacial score (nSPS) is 23.1. The molecule has 58 heavy (non-hydrogen) atoms. The molecule has 0 heterocycles. The fourth-order valence-corrected chi connectivity index (χ4v) is 7.57. The lowest BCUT2D eigenvalue weighted by Crippen LogP contribution is -2.64. The van der Waals surface area contributed by atoms with E-state index in [-0.39, 0.29) is 13.0 Å². The summed E-state index contributed by atoms with van der Waals surface area (Å²) in [5, 5.41) is 50.1. The molecule has 0 aliphatic heterocycles. The Balaban J connectivity index is 2.41. The Hall–Kier alpha value is -1.70. The summed E-state index contributed by atoms with van der Waals surface area (Å²) in [5.41, 5.74) is 0. The van der Waals surface area contributed by atoms with Gasteiger partial charge in [0, 0.05) is 13.0 Å². The molecule has 0 spiro atoms. The van der Waals surface area contributed by atoms with E-state index >= 15 is 0 Å². The van der Waals surface area contributed by atoms with Gasteiger partial charge in [0.1, 0.15) is 42.7 Å². The van der Waals surface area contributed by atoms with Gasteiger partial charge in [-0.25, -0.2) is 4.57 Å². The molecule has 338 valence electrons. The van der Waals surface area contributed by atoms with E-state index in [1.54, 1.807) is 0 Å². The standard InChI is InChI=1S/C45H81O12P/c1-3-5-7-9-11-13-15-17-18-19-20-21-23-25-27-29-31-33-35-54-36-38(37-55-58(52,53)57-45-43(50)41(48)40(47)42(49)44(45)51)56-39(46)34-32-30-28-26-24-22-16-14-12-10-8-6-4-2/h6,8,12,14,17-18,22,24,38,40-45,47-51H,3-5,7,9-11,13,15-16,19-21,23,25-37H2,1-2H3,(H,52,53)/b8-6-,14-12-,18-17-,24-22-. The van der Waals surface area contributed by atoms with Crippen LogP contribution in [0.15, 0.2) is 48.6 Å². The first-order valence-electron chi connectivity index (χ1n) is 22.5. The third-order valence-electron chi connectivity index (χ3n) is 10.2. The van der Waals surface area contributed by atoms with Crippen molar-refractivity contribution in [2.45, 2.75) is 211 Å². The van der Waals surface area contributed by atoms with Crippen LogP contribution in [0, 0.1) is 0 Å². The summed E-state index contributed by atoms with van der Waals surface area (Å²) < 4.78 is 34.1. The largest absolute Gasteiger partial charge is 0.472 e. The number of esters is 1. The third kappa shape index (κ3) is 27.9. The molecule has 0 saturated heterocycles. The average molecular weight is 845 g/mol. The second-order valence-electron chi connectivity index (χ2n) is 15.5. The Morgan fingerprint density at radius 2 is 1.02 bits per heavy atom. The molecule has 0 aromatic carbocycles. The number of ether oxygens (including phenoxy) is 2. The zero-order valence-corrected chi connectivity index (χ0v) is 36.7. The number of allylic oxidation sites excluding steroid dienone is 8. The van der Waals surface area contributed by atoms with Crippen molar-refractivity contribution in [3.05, 3.63) is 48.6 Å². The van der Waals surface area contributed by atoms with Crippen LogP contribution in [0.4, 0.5) is 0 Å². The molecule has 0 radical (unpaired) electrons. The van der Waals surface area contributed by atoms with Gasteiger partial charge in [-0.1, -0.05) is 140 Å². The molecule has 0 aromatic rings. The Bertz CT molecular complexity index is 1140. The maximum absolute atomic E-state index is 12.8. The van der Waals surface area contributed by atoms with Crippen LogP contribution in [-0.2, 0) is 27.9 Å². The number of phosphoric acid groups is 1. The van der Waals surface area contributed by atoms with E-state index in [1.165, 1.54) is 70.6 Å². The molecule has 1 rings (SSSR count). The fraction of sp³-hybridized carbons (Fsp3) is 0.800. The molecule has 6 N–H and O–H groups in total. The topological polar surface area (TPSA) is 192 Å². The summed E-state index contributed by atoms with van der Waals surface area (Å²) in [5.74, 6) is -0.508. The smallest absolute Gasteiger partial charge is 0.457 e. The first-order chi connectivity index (χ1) is 28.0. The first kappa shape index (κ1) is 54.3. The minimum atomic E-state index is -5.02. The van der Waals surface area contributed by atoms with Crippen molar-refractivity contribution >= 4 is 13.8 Å². The van der Waals surface area contributed by atoms with Gasteiger partial charge in [-0.2, -0.15) is 0 Å². The van der Waals surface area contributed by atoms with Gasteiger partial charge in [0.15, 0.2) is 0 Å². The van der Waals surface area contributed by atoms with Crippen LogP contribution in [0.25, 0.3) is 0 Å². The molecule has 1 aliphatic rings. The average Bonchev–Trinajstić information content (AvgIpc) is 3.21. The van der Waals surface area contributed by atoms with E-state index in [2.05, 4.69) is 62.5 Å². The molecule has 6 atom stereocenters. The molecule has 1 fully saturated rings. The van der Waals surface area contributed by atoms with Crippen LogP contribution in [0.3, 0.4) is 0 Å². The highest BCUT2D eigenvalue weighted by atomic mass is 31.2. The second-order valence-corrected chi connectivity index (χ2v) is 16.9. The quantitative estimate of drug-likeness (QED) is 0.0151.